The van der Waals surface area contributed by atoms with E-state index in [0.29, 0.717) is 5.84 Å². The summed E-state index contributed by atoms with van der Waals surface area (Å²) in [6.45, 7) is 7.89. The van der Waals surface area contributed by atoms with Gasteiger partial charge in [-0.2, -0.15) is 0 Å². The van der Waals surface area contributed by atoms with Gasteiger partial charge in [-0.25, -0.2) is 0 Å². The largest absolute Gasteiger partial charge is 0.714 e. The van der Waals surface area contributed by atoms with Gasteiger partial charge in [0.2, 0.25) is 0 Å². The quantitative estimate of drug-likeness (QED) is 0.464. The summed E-state index contributed by atoms with van der Waals surface area (Å²) < 4.78 is 1.80. The Balaban J connectivity index is 2.41. The van der Waals surface area contributed by atoms with Gasteiger partial charge >= 0.3 is 5.84 Å². The second-order valence-electron chi connectivity index (χ2n) is 7.41. The van der Waals surface area contributed by atoms with Gasteiger partial charge in [-0.05, 0) is 52.0 Å². The molecule has 0 spiro atoms. The maximum Gasteiger partial charge on any atom is 0.324 e. The van der Waals surface area contributed by atoms with Crippen LogP contribution in [0.4, 0.5) is 5.69 Å². The van der Waals surface area contributed by atoms with Crippen molar-refractivity contribution in [2.24, 2.45) is 0 Å². The predicted octanol–water partition coefficient (Wildman–Crippen LogP) is 2.32. The molecule has 1 aromatic rings. The van der Waals surface area contributed by atoms with Crippen LogP contribution in [0.5, 0.6) is 0 Å². The van der Waals surface area contributed by atoms with E-state index in [1.54, 1.807) is 0 Å². The topological polar surface area (TPSA) is 40.2 Å². The summed E-state index contributed by atoms with van der Waals surface area (Å²) in [6.07, 6.45) is 0. The molecule has 4 nitrogen and oxygen atoms in total. The molecule has 0 saturated heterocycles. The van der Waals surface area contributed by atoms with Crippen LogP contribution in [0.1, 0.15) is 33.3 Å². The zero-order valence-electron chi connectivity index (χ0n) is 13.6. The molecule has 0 N–H and O–H groups in total. The van der Waals surface area contributed by atoms with E-state index in [4.69, 9.17) is 0 Å². The molecule has 0 amide bonds. The lowest BCUT2D eigenvalue weighted by molar-refractivity contribution is -0.539. The average Bonchev–Trinajstić information content (AvgIpc) is 2.49. The fourth-order valence-electron chi connectivity index (χ4n) is 2.20. The molecule has 1 aliphatic rings. The van der Waals surface area contributed by atoms with Crippen LogP contribution in [0.3, 0.4) is 0 Å². The van der Waals surface area contributed by atoms with Crippen molar-refractivity contribution >= 4 is 11.5 Å². The molecule has 0 unspecified atom stereocenters. The molecule has 2 rings (SSSR count). The Kier molecular flexibility index (Phi) is 3.13. The average molecular weight is 275 g/mol. The molecule has 1 aliphatic heterocycles. The summed E-state index contributed by atoms with van der Waals surface area (Å²) in [7, 11) is 6.36. The first-order valence-corrected chi connectivity index (χ1v) is 6.96. The maximum absolute atomic E-state index is 12.5. The molecule has 4 heteroatoms. The second-order valence-corrected chi connectivity index (χ2v) is 7.41. The summed E-state index contributed by atoms with van der Waals surface area (Å²) in [4.78, 5) is 0. The van der Waals surface area contributed by atoms with Gasteiger partial charge in [0.05, 0.1) is 26.7 Å². The van der Waals surface area contributed by atoms with Crippen molar-refractivity contribution in [2.75, 3.05) is 21.1 Å². The molecule has 20 heavy (non-hydrogen) atoms. The van der Waals surface area contributed by atoms with E-state index >= 15 is 0 Å². The Morgan fingerprint density at radius 1 is 1.00 bits per heavy atom. The molecule has 1 radical (unpaired) electrons. The van der Waals surface area contributed by atoms with Gasteiger partial charge in [0.25, 0.3) is 0 Å². The number of hydroxylamine groups is 1. The minimum atomic E-state index is -0.527. The smallest absolute Gasteiger partial charge is 0.324 e. The van der Waals surface area contributed by atoms with Crippen LogP contribution in [0, 0.1) is 5.21 Å². The number of hydrogen-bond acceptors (Lipinski definition) is 1. The maximum atomic E-state index is 12.5. The van der Waals surface area contributed by atoms with Gasteiger partial charge in [0.15, 0.2) is 5.54 Å². The third kappa shape index (κ3) is 2.18. The molecular formula is C16H25N3O+. The minimum Gasteiger partial charge on any atom is -0.714 e. The molecule has 0 fully saturated rings. The van der Waals surface area contributed by atoms with Gasteiger partial charge in [-0.3, -0.25) is 9.22 Å². The minimum absolute atomic E-state index is 0.386. The number of hydrogen-bond donors (Lipinski definition) is 0. The summed E-state index contributed by atoms with van der Waals surface area (Å²) in [5, 5.41) is 17.1. The van der Waals surface area contributed by atoms with Gasteiger partial charge in [-0.15, -0.1) is 0 Å². The summed E-state index contributed by atoms with van der Waals surface area (Å²) in [6, 6.07) is 8.09. The third-order valence-electron chi connectivity index (χ3n) is 4.48. The third-order valence-corrected chi connectivity index (χ3v) is 4.48. The summed E-state index contributed by atoms with van der Waals surface area (Å²) in [5.41, 5.74) is 1.17. The standard InChI is InChI=1S/C16H25N3O/c1-15(2)16(3,4)18(20)14(17-15)12-8-10-13(11-9-12)19(5,6)7/h8-11H,1-7H3/q+1. The predicted molar refractivity (Wildman–Crippen MR) is 84.0 cm³/mol. The number of quaternary nitrogens is 1. The lowest BCUT2D eigenvalue weighted by Crippen LogP contribution is -2.50. The highest BCUT2D eigenvalue weighted by Gasteiger charge is 2.55. The van der Waals surface area contributed by atoms with Crippen LogP contribution in [0.15, 0.2) is 24.3 Å². The first-order valence-electron chi connectivity index (χ1n) is 6.96. The van der Waals surface area contributed by atoms with Crippen molar-refractivity contribution in [3.05, 3.63) is 35.0 Å². The normalized spacial score (nSPS) is 20.9. The van der Waals surface area contributed by atoms with Crippen molar-refractivity contribution in [3.63, 3.8) is 0 Å². The van der Waals surface area contributed by atoms with Gasteiger partial charge in [-0.1, -0.05) is 5.32 Å². The number of rotatable bonds is 2. The second kappa shape index (κ2) is 4.22. The van der Waals surface area contributed by atoms with Crippen molar-refractivity contribution < 1.29 is 4.74 Å². The Labute approximate surface area is 121 Å². The molecule has 109 valence electrons. The van der Waals surface area contributed by atoms with Crippen LogP contribution in [0.2, 0.25) is 0 Å². The van der Waals surface area contributed by atoms with Crippen molar-refractivity contribution in [1.82, 2.24) is 9.80 Å². The highest BCUT2D eigenvalue weighted by molar-refractivity contribution is 5.96. The van der Waals surface area contributed by atoms with Gasteiger partial charge in [0.1, 0.15) is 11.2 Å². The summed E-state index contributed by atoms with van der Waals surface area (Å²) >= 11 is 0. The van der Waals surface area contributed by atoms with E-state index < -0.39 is 5.54 Å². The van der Waals surface area contributed by atoms with Crippen LogP contribution in [-0.4, -0.2) is 42.8 Å². The van der Waals surface area contributed by atoms with E-state index in [1.165, 1.54) is 5.69 Å². The first-order chi connectivity index (χ1) is 8.97. The molecule has 0 atom stereocenters. The SMILES string of the molecule is CC1(C)[N]C(c2ccc([N+](C)(C)C)cc2)=[N+]([O-])C1(C)C. The van der Waals surface area contributed by atoms with E-state index in [-0.39, 0.29) is 5.54 Å². The summed E-state index contributed by atoms with van der Waals surface area (Å²) in [5.74, 6) is 0.535. The highest BCUT2D eigenvalue weighted by atomic mass is 16.5. The molecule has 0 aliphatic carbocycles. The molecular weight excluding hydrogens is 250 g/mol. The molecule has 0 saturated carbocycles. The lowest BCUT2D eigenvalue weighted by Gasteiger charge is -2.30. The molecule has 1 aromatic carbocycles. The van der Waals surface area contributed by atoms with Gasteiger partial charge in [0, 0.05) is 0 Å². The zero-order chi connectivity index (χ0) is 15.3. The van der Waals surface area contributed by atoms with Crippen LogP contribution < -0.4 is 9.80 Å². The molecule has 0 aromatic heterocycles. The van der Waals surface area contributed by atoms with Crippen molar-refractivity contribution in [2.45, 2.75) is 38.8 Å². The van der Waals surface area contributed by atoms with E-state index in [2.05, 4.69) is 38.6 Å². The van der Waals surface area contributed by atoms with Gasteiger partial charge < -0.3 is 5.21 Å². The molecule has 1 heterocycles. The zero-order valence-corrected chi connectivity index (χ0v) is 13.6. The van der Waals surface area contributed by atoms with Crippen LogP contribution in [0.25, 0.3) is 0 Å². The van der Waals surface area contributed by atoms with Crippen molar-refractivity contribution in [1.29, 1.82) is 0 Å². The van der Waals surface area contributed by atoms with E-state index in [9.17, 15) is 5.21 Å². The highest BCUT2D eigenvalue weighted by Crippen LogP contribution is 2.32. The Bertz CT molecular complexity index is 548. The Hall–Kier alpha value is -1.55. The fraction of sp³-hybridized carbons (Fsp3) is 0.562. The van der Waals surface area contributed by atoms with Crippen LogP contribution in [-0.2, 0) is 0 Å². The number of nitrogens with zero attached hydrogens (tertiary/aromatic N) is 3. The number of benzene rings is 1. The lowest BCUT2D eigenvalue weighted by atomic mass is 9.84. The Morgan fingerprint density at radius 2 is 1.50 bits per heavy atom. The first kappa shape index (κ1) is 14.9. The van der Waals surface area contributed by atoms with E-state index in [0.717, 1.165) is 14.8 Å². The van der Waals surface area contributed by atoms with Crippen LogP contribution >= 0.6 is 0 Å². The molecule has 0 bridgehead atoms. The number of amidine groups is 1. The van der Waals surface area contributed by atoms with Crippen molar-refractivity contribution in [3.8, 4) is 0 Å². The Morgan fingerprint density at radius 3 is 1.85 bits per heavy atom. The monoisotopic (exact) mass is 275 g/mol. The fourth-order valence-corrected chi connectivity index (χ4v) is 2.20. The van der Waals surface area contributed by atoms with E-state index in [1.807, 2.05) is 39.8 Å².